The number of nitrogens with zero attached hydrogens (tertiary/aromatic N) is 4. The van der Waals surface area contributed by atoms with Gasteiger partial charge in [0.05, 0.1) is 6.04 Å². The summed E-state index contributed by atoms with van der Waals surface area (Å²) >= 11 is 0. The molecule has 0 radical (unpaired) electrons. The van der Waals surface area contributed by atoms with E-state index in [1.165, 1.54) is 12.1 Å². The molecule has 1 aliphatic heterocycles. The number of likely N-dealkylation sites (N-methyl/N-ethyl adjacent to an activating group) is 1. The Bertz CT molecular complexity index is 1380. The van der Waals surface area contributed by atoms with Crippen molar-refractivity contribution in [2.75, 3.05) is 33.2 Å². The third kappa shape index (κ3) is 8.54. The van der Waals surface area contributed by atoms with Crippen LogP contribution in [0.1, 0.15) is 86.6 Å². The van der Waals surface area contributed by atoms with Crippen molar-refractivity contribution in [1.82, 2.24) is 30.7 Å². The lowest BCUT2D eigenvalue weighted by molar-refractivity contribution is -0.139. The standard InChI is InChI=1S/C33H46F2N6O5/c1-6-26-30(39-46-38-26)32(44)37-29(22-9-7-19(2)8-10-22)27(42)18-24-12-11-23(17-25(24)35)20(3)28(36-31(43)21(4)34)33(45)41-15-13-40(5)14-16-41/h11-12,17,19-22,28-29H,6-10,13-16,18H2,1-5H3,(H,36,43)(H,37,44)/t19?,20-,21+,22?,28+,29-/m0/s1. The van der Waals surface area contributed by atoms with E-state index in [0.717, 1.165) is 32.6 Å². The van der Waals surface area contributed by atoms with E-state index in [1.807, 2.05) is 14.0 Å². The first-order valence-corrected chi connectivity index (χ1v) is 16.2. The number of aryl methyl sites for hydroxylation is 1. The first-order chi connectivity index (χ1) is 21.9. The van der Waals surface area contributed by atoms with Crippen LogP contribution >= 0.6 is 0 Å². The minimum absolute atomic E-state index is 0.0314. The average Bonchev–Trinajstić information content (AvgIpc) is 3.52. The lowest BCUT2D eigenvalue weighted by Crippen LogP contribution is -2.56. The predicted molar refractivity (Wildman–Crippen MR) is 166 cm³/mol. The van der Waals surface area contributed by atoms with E-state index in [9.17, 15) is 23.6 Å². The van der Waals surface area contributed by atoms with Crippen molar-refractivity contribution in [2.24, 2.45) is 11.8 Å². The fraction of sp³-hybridized carbons (Fsp3) is 0.636. The highest BCUT2D eigenvalue weighted by molar-refractivity contribution is 5.97. The number of halogens is 2. The monoisotopic (exact) mass is 644 g/mol. The van der Waals surface area contributed by atoms with Crippen LogP contribution in [0.2, 0.25) is 0 Å². The molecule has 1 aliphatic carbocycles. The molecular weight excluding hydrogens is 598 g/mol. The second-order valence-electron chi connectivity index (χ2n) is 12.9. The molecule has 0 spiro atoms. The van der Waals surface area contributed by atoms with Gasteiger partial charge in [0.15, 0.2) is 17.6 Å². The summed E-state index contributed by atoms with van der Waals surface area (Å²) in [6.45, 7) is 8.99. The Kier molecular flexibility index (Phi) is 12.0. The highest BCUT2D eigenvalue weighted by Crippen LogP contribution is 2.32. The number of carbonyl (C=O) groups is 4. The number of rotatable bonds is 12. The number of piperazine rings is 1. The van der Waals surface area contributed by atoms with Gasteiger partial charge in [-0.1, -0.05) is 50.9 Å². The normalized spacial score (nSPS) is 21.6. The Hall–Kier alpha value is -3.74. The van der Waals surface area contributed by atoms with Gasteiger partial charge in [0, 0.05) is 38.5 Å². The summed E-state index contributed by atoms with van der Waals surface area (Å²) in [5, 5.41) is 12.9. The van der Waals surface area contributed by atoms with E-state index in [-0.39, 0.29) is 35.3 Å². The van der Waals surface area contributed by atoms with Gasteiger partial charge in [-0.25, -0.2) is 13.4 Å². The van der Waals surface area contributed by atoms with Crippen molar-refractivity contribution < 1.29 is 32.6 Å². The number of hydrogen-bond acceptors (Lipinski definition) is 8. The molecule has 4 rings (SSSR count). The van der Waals surface area contributed by atoms with E-state index in [2.05, 4.69) is 32.8 Å². The molecule has 11 nitrogen and oxygen atoms in total. The summed E-state index contributed by atoms with van der Waals surface area (Å²) in [6, 6.07) is 2.42. The Morgan fingerprint density at radius 1 is 1.02 bits per heavy atom. The molecule has 252 valence electrons. The van der Waals surface area contributed by atoms with Crippen LogP contribution in [0.5, 0.6) is 0 Å². The Balaban J connectivity index is 1.53. The zero-order valence-electron chi connectivity index (χ0n) is 27.4. The van der Waals surface area contributed by atoms with Gasteiger partial charge in [0.1, 0.15) is 17.6 Å². The van der Waals surface area contributed by atoms with Crippen LogP contribution in [0, 0.1) is 17.7 Å². The molecule has 2 heterocycles. The predicted octanol–water partition coefficient (Wildman–Crippen LogP) is 3.23. The van der Waals surface area contributed by atoms with Crippen molar-refractivity contribution >= 4 is 23.5 Å². The summed E-state index contributed by atoms with van der Waals surface area (Å²) in [6.07, 6.45) is 1.69. The van der Waals surface area contributed by atoms with Gasteiger partial charge in [0.2, 0.25) is 5.91 Å². The second kappa shape index (κ2) is 15.7. The van der Waals surface area contributed by atoms with Crippen LogP contribution in [0.15, 0.2) is 22.8 Å². The minimum atomic E-state index is -1.82. The van der Waals surface area contributed by atoms with Crippen LogP contribution in [0.3, 0.4) is 0 Å². The van der Waals surface area contributed by atoms with Crippen LogP contribution in [-0.2, 0) is 27.2 Å². The molecule has 2 fully saturated rings. The number of benzene rings is 1. The van der Waals surface area contributed by atoms with Crippen molar-refractivity contribution in [2.45, 2.75) is 90.4 Å². The Morgan fingerprint density at radius 3 is 2.30 bits per heavy atom. The van der Waals surface area contributed by atoms with Crippen LogP contribution in [0.4, 0.5) is 8.78 Å². The van der Waals surface area contributed by atoms with E-state index < -0.39 is 41.8 Å². The van der Waals surface area contributed by atoms with Gasteiger partial charge in [-0.05, 0) is 67.4 Å². The molecule has 2 N–H and O–H groups in total. The summed E-state index contributed by atoms with van der Waals surface area (Å²) in [4.78, 5) is 56.4. The molecular formula is C33H46F2N6O5. The van der Waals surface area contributed by atoms with Gasteiger partial charge in [-0.2, -0.15) is 0 Å². The van der Waals surface area contributed by atoms with Crippen molar-refractivity contribution in [3.63, 3.8) is 0 Å². The number of hydrogen-bond donors (Lipinski definition) is 2. The van der Waals surface area contributed by atoms with E-state index >= 15 is 4.39 Å². The third-order valence-electron chi connectivity index (χ3n) is 9.48. The van der Waals surface area contributed by atoms with Crippen molar-refractivity contribution in [3.05, 3.63) is 46.5 Å². The molecule has 4 atom stereocenters. The van der Waals surface area contributed by atoms with Crippen LogP contribution in [0.25, 0.3) is 0 Å². The topological polar surface area (TPSA) is 138 Å². The fourth-order valence-corrected chi connectivity index (χ4v) is 6.27. The molecule has 46 heavy (non-hydrogen) atoms. The fourth-order valence-electron chi connectivity index (χ4n) is 6.27. The summed E-state index contributed by atoms with van der Waals surface area (Å²) in [5.41, 5.74) is 0.983. The maximum atomic E-state index is 15.6. The summed E-state index contributed by atoms with van der Waals surface area (Å²) in [5.74, 6) is -3.08. The van der Waals surface area contributed by atoms with Gasteiger partial charge >= 0.3 is 0 Å². The molecule has 13 heteroatoms. The van der Waals surface area contributed by atoms with Crippen molar-refractivity contribution in [3.8, 4) is 0 Å². The Labute approximate surface area is 268 Å². The van der Waals surface area contributed by atoms with E-state index in [0.29, 0.717) is 49.8 Å². The minimum Gasteiger partial charge on any atom is -0.341 e. The molecule has 3 amide bonds. The van der Waals surface area contributed by atoms with Crippen LogP contribution in [-0.4, -0.2) is 95.1 Å². The zero-order valence-corrected chi connectivity index (χ0v) is 27.4. The largest absolute Gasteiger partial charge is 0.341 e. The molecule has 2 aliphatic rings. The maximum Gasteiger partial charge on any atom is 0.276 e. The number of nitrogens with one attached hydrogen (secondary N) is 2. The molecule has 1 aromatic carbocycles. The second-order valence-corrected chi connectivity index (χ2v) is 12.9. The average molecular weight is 645 g/mol. The third-order valence-corrected chi connectivity index (χ3v) is 9.48. The smallest absolute Gasteiger partial charge is 0.276 e. The van der Waals surface area contributed by atoms with Crippen molar-refractivity contribution in [1.29, 1.82) is 0 Å². The van der Waals surface area contributed by atoms with Gasteiger partial charge in [0.25, 0.3) is 11.8 Å². The summed E-state index contributed by atoms with van der Waals surface area (Å²) in [7, 11) is 1.95. The number of ketones is 1. The molecule has 0 unspecified atom stereocenters. The SMILES string of the molecule is CCc1nonc1C(=O)N[C@H](C(=O)Cc1ccc([C@H](C)[C@@H](NC(=O)[C@@H](C)F)C(=O)N2CCN(C)CC2)cc1F)C1CCC(C)CC1. The van der Waals surface area contributed by atoms with Gasteiger partial charge in [-0.15, -0.1) is 0 Å². The molecule has 1 saturated heterocycles. The highest BCUT2D eigenvalue weighted by Gasteiger charge is 2.36. The lowest BCUT2D eigenvalue weighted by Gasteiger charge is -2.36. The molecule has 2 aromatic rings. The molecule has 0 bridgehead atoms. The maximum absolute atomic E-state index is 15.6. The quantitative estimate of drug-likeness (QED) is 0.360. The number of alkyl halides is 1. The number of aromatic nitrogens is 2. The van der Waals surface area contributed by atoms with E-state index in [4.69, 9.17) is 4.63 Å². The number of Topliss-reactive ketones (excluding diaryl/α,β-unsaturated/α-hetero) is 1. The lowest BCUT2D eigenvalue weighted by atomic mass is 9.77. The highest BCUT2D eigenvalue weighted by atomic mass is 19.1. The summed E-state index contributed by atoms with van der Waals surface area (Å²) < 4.78 is 34.2. The number of amides is 3. The zero-order chi connectivity index (χ0) is 33.5. The first-order valence-electron chi connectivity index (χ1n) is 16.2. The Morgan fingerprint density at radius 2 is 1.70 bits per heavy atom. The molecule has 1 aromatic heterocycles. The van der Waals surface area contributed by atoms with Crippen LogP contribution < -0.4 is 10.6 Å². The van der Waals surface area contributed by atoms with Gasteiger partial charge < -0.3 is 20.4 Å². The molecule has 1 saturated carbocycles. The van der Waals surface area contributed by atoms with Gasteiger partial charge in [-0.3, -0.25) is 19.2 Å². The first kappa shape index (κ1) is 35.1. The number of carbonyl (C=O) groups excluding carboxylic acids is 4. The van der Waals surface area contributed by atoms with E-state index in [1.54, 1.807) is 17.9 Å².